The molecule has 0 spiro atoms. The summed E-state index contributed by atoms with van der Waals surface area (Å²) in [5, 5.41) is 6.03. The predicted molar refractivity (Wildman–Crippen MR) is 84.4 cm³/mol. The molecule has 0 aromatic heterocycles. The SMILES string of the molecule is COCCCNC(=O)C(C)Nc1ccc(Br)cc1Br. The van der Waals surface area contributed by atoms with Gasteiger partial charge in [0.15, 0.2) is 0 Å². The first-order chi connectivity index (χ1) is 9.04. The van der Waals surface area contributed by atoms with Crippen molar-refractivity contribution in [2.24, 2.45) is 0 Å². The van der Waals surface area contributed by atoms with Gasteiger partial charge in [-0.25, -0.2) is 0 Å². The van der Waals surface area contributed by atoms with E-state index in [0.29, 0.717) is 13.2 Å². The highest BCUT2D eigenvalue weighted by molar-refractivity contribution is 9.11. The second-order valence-electron chi connectivity index (χ2n) is 4.13. The molecular weight excluding hydrogens is 376 g/mol. The van der Waals surface area contributed by atoms with E-state index in [4.69, 9.17) is 4.74 Å². The highest BCUT2D eigenvalue weighted by atomic mass is 79.9. The van der Waals surface area contributed by atoms with Gasteiger partial charge in [0.2, 0.25) is 5.91 Å². The average molecular weight is 394 g/mol. The number of hydrogen-bond acceptors (Lipinski definition) is 3. The van der Waals surface area contributed by atoms with Crippen LogP contribution in [0.5, 0.6) is 0 Å². The number of halogens is 2. The lowest BCUT2D eigenvalue weighted by molar-refractivity contribution is -0.121. The van der Waals surface area contributed by atoms with E-state index >= 15 is 0 Å². The molecule has 2 N–H and O–H groups in total. The minimum Gasteiger partial charge on any atom is -0.385 e. The van der Waals surface area contributed by atoms with Gasteiger partial charge in [-0.3, -0.25) is 4.79 Å². The van der Waals surface area contributed by atoms with Crippen LogP contribution in [0.25, 0.3) is 0 Å². The first kappa shape index (κ1) is 16.5. The van der Waals surface area contributed by atoms with Gasteiger partial charge in [-0.2, -0.15) is 0 Å². The Labute approximate surface area is 130 Å². The second-order valence-corrected chi connectivity index (χ2v) is 5.90. The van der Waals surface area contributed by atoms with Crippen molar-refractivity contribution < 1.29 is 9.53 Å². The summed E-state index contributed by atoms with van der Waals surface area (Å²) in [6.45, 7) is 3.11. The van der Waals surface area contributed by atoms with Crippen LogP contribution in [-0.4, -0.2) is 32.2 Å². The topological polar surface area (TPSA) is 50.4 Å². The molecule has 1 aromatic rings. The Hall–Kier alpha value is -0.590. The van der Waals surface area contributed by atoms with Crippen LogP contribution in [0.3, 0.4) is 0 Å². The van der Waals surface area contributed by atoms with Gasteiger partial charge in [-0.15, -0.1) is 0 Å². The quantitative estimate of drug-likeness (QED) is 0.699. The number of anilines is 1. The van der Waals surface area contributed by atoms with Crippen molar-refractivity contribution >= 4 is 43.5 Å². The Morgan fingerprint density at radius 3 is 2.79 bits per heavy atom. The zero-order valence-electron chi connectivity index (χ0n) is 11.0. The third kappa shape index (κ3) is 5.93. The summed E-state index contributed by atoms with van der Waals surface area (Å²) in [6.07, 6.45) is 0.816. The van der Waals surface area contributed by atoms with E-state index in [1.807, 2.05) is 25.1 Å². The lowest BCUT2D eigenvalue weighted by atomic mass is 10.2. The van der Waals surface area contributed by atoms with Gasteiger partial charge in [0.25, 0.3) is 0 Å². The van der Waals surface area contributed by atoms with Gasteiger partial charge >= 0.3 is 0 Å². The molecule has 0 saturated carbocycles. The van der Waals surface area contributed by atoms with Gasteiger partial charge in [0.1, 0.15) is 6.04 Å². The summed E-state index contributed by atoms with van der Waals surface area (Å²) in [6, 6.07) is 5.49. The fraction of sp³-hybridized carbons (Fsp3) is 0.462. The van der Waals surface area contributed by atoms with Crippen LogP contribution >= 0.6 is 31.9 Å². The Bertz CT molecular complexity index is 427. The van der Waals surface area contributed by atoms with Crippen LogP contribution in [0.15, 0.2) is 27.1 Å². The maximum Gasteiger partial charge on any atom is 0.242 e. The molecule has 1 aromatic carbocycles. The average Bonchev–Trinajstić information content (AvgIpc) is 2.37. The molecule has 6 heteroatoms. The number of carbonyl (C=O) groups is 1. The zero-order valence-corrected chi connectivity index (χ0v) is 14.2. The molecule has 0 aliphatic rings. The van der Waals surface area contributed by atoms with Crippen molar-refractivity contribution in [3.8, 4) is 0 Å². The number of ether oxygens (including phenoxy) is 1. The van der Waals surface area contributed by atoms with Gasteiger partial charge in [0.05, 0.1) is 0 Å². The Morgan fingerprint density at radius 2 is 2.16 bits per heavy atom. The Morgan fingerprint density at radius 1 is 1.42 bits per heavy atom. The van der Waals surface area contributed by atoms with Crippen molar-refractivity contribution in [1.82, 2.24) is 5.32 Å². The molecule has 0 aliphatic carbocycles. The molecule has 1 rings (SSSR count). The molecule has 4 nitrogen and oxygen atoms in total. The molecule has 19 heavy (non-hydrogen) atoms. The first-order valence-electron chi connectivity index (χ1n) is 6.03. The van der Waals surface area contributed by atoms with E-state index < -0.39 is 0 Å². The number of benzene rings is 1. The normalized spacial score (nSPS) is 12.0. The monoisotopic (exact) mass is 392 g/mol. The molecule has 1 unspecified atom stereocenters. The minimum atomic E-state index is -0.292. The smallest absolute Gasteiger partial charge is 0.242 e. The summed E-state index contributed by atoms with van der Waals surface area (Å²) >= 11 is 6.85. The van der Waals surface area contributed by atoms with Crippen LogP contribution in [0.2, 0.25) is 0 Å². The van der Waals surface area contributed by atoms with E-state index in [1.165, 1.54) is 0 Å². The molecule has 0 aliphatic heterocycles. The van der Waals surface area contributed by atoms with Crippen LogP contribution in [0.4, 0.5) is 5.69 Å². The fourth-order valence-electron chi connectivity index (χ4n) is 1.49. The van der Waals surface area contributed by atoms with Gasteiger partial charge in [-0.05, 0) is 47.5 Å². The standard InChI is InChI=1S/C13H18Br2N2O2/c1-9(13(18)16-6-3-7-19-2)17-12-5-4-10(14)8-11(12)15/h4-5,8-9,17H,3,6-7H2,1-2H3,(H,16,18). The largest absolute Gasteiger partial charge is 0.385 e. The maximum atomic E-state index is 11.8. The molecule has 0 saturated heterocycles. The third-order valence-corrected chi connectivity index (χ3v) is 3.67. The van der Waals surface area contributed by atoms with Crippen LogP contribution in [-0.2, 0) is 9.53 Å². The van der Waals surface area contributed by atoms with Gasteiger partial charge in [-0.1, -0.05) is 15.9 Å². The summed E-state index contributed by atoms with van der Waals surface area (Å²) in [7, 11) is 1.65. The highest BCUT2D eigenvalue weighted by Crippen LogP contribution is 2.26. The van der Waals surface area contributed by atoms with Crippen molar-refractivity contribution in [3.63, 3.8) is 0 Å². The molecule has 0 radical (unpaired) electrons. The predicted octanol–water partition coefficient (Wildman–Crippen LogP) is 3.16. The molecule has 0 bridgehead atoms. The number of amides is 1. The van der Waals surface area contributed by atoms with E-state index in [2.05, 4.69) is 42.5 Å². The number of methoxy groups -OCH3 is 1. The number of carbonyl (C=O) groups excluding carboxylic acids is 1. The summed E-state index contributed by atoms with van der Waals surface area (Å²) < 4.78 is 6.83. The number of hydrogen-bond donors (Lipinski definition) is 2. The van der Waals surface area contributed by atoms with E-state index in [9.17, 15) is 4.79 Å². The summed E-state index contributed by atoms with van der Waals surface area (Å²) in [5.41, 5.74) is 0.891. The van der Waals surface area contributed by atoms with Crippen LogP contribution in [0, 0.1) is 0 Å². The zero-order chi connectivity index (χ0) is 14.3. The van der Waals surface area contributed by atoms with Crippen LogP contribution in [0.1, 0.15) is 13.3 Å². The Balaban J connectivity index is 2.45. The molecule has 0 fully saturated rings. The van der Waals surface area contributed by atoms with Crippen molar-refractivity contribution in [2.75, 3.05) is 25.6 Å². The first-order valence-corrected chi connectivity index (χ1v) is 7.61. The lowest BCUT2D eigenvalue weighted by Gasteiger charge is -2.16. The maximum absolute atomic E-state index is 11.8. The van der Waals surface area contributed by atoms with E-state index in [0.717, 1.165) is 21.1 Å². The third-order valence-electron chi connectivity index (χ3n) is 2.52. The lowest BCUT2D eigenvalue weighted by Crippen LogP contribution is -2.38. The number of nitrogens with one attached hydrogen (secondary N) is 2. The van der Waals surface area contributed by atoms with Crippen molar-refractivity contribution in [3.05, 3.63) is 27.1 Å². The van der Waals surface area contributed by atoms with E-state index in [-0.39, 0.29) is 11.9 Å². The van der Waals surface area contributed by atoms with Gasteiger partial charge in [0, 0.05) is 34.9 Å². The molecule has 1 atom stereocenters. The van der Waals surface area contributed by atoms with Gasteiger partial charge < -0.3 is 15.4 Å². The Kier molecular flexibility index (Phi) is 7.41. The number of rotatable bonds is 7. The van der Waals surface area contributed by atoms with E-state index in [1.54, 1.807) is 7.11 Å². The van der Waals surface area contributed by atoms with Crippen LogP contribution < -0.4 is 10.6 Å². The molecule has 106 valence electrons. The highest BCUT2D eigenvalue weighted by Gasteiger charge is 2.13. The fourth-order valence-corrected chi connectivity index (χ4v) is 2.65. The molecule has 1 amide bonds. The minimum absolute atomic E-state index is 0.0223. The molecule has 0 heterocycles. The van der Waals surface area contributed by atoms with Crippen molar-refractivity contribution in [2.45, 2.75) is 19.4 Å². The summed E-state index contributed by atoms with van der Waals surface area (Å²) in [5.74, 6) is -0.0223. The molecular formula is C13H18Br2N2O2. The second kappa shape index (κ2) is 8.55. The van der Waals surface area contributed by atoms with Crippen molar-refractivity contribution in [1.29, 1.82) is 0 Å². The summed E-state index contributed by atoms with van der Waals surface area (Å²) in [4.78, 5) is 11.8.